The Morgan fingerprint density at radius 2 is 2.00 bits per heavy atom. The summed E-state index contributed by atoms with van der Waals surface area (Å²) in [5, 5.41) is 11.9. The molecule has 2 heterocycles. The Labute approximate surface area is 188 Å². The van der Waals surface area contributed by atoms with E-state index in [-0.39, 0.29) is 24.7 Å². The zero-order chi connectivity index (χ0) is 22.1. The van der Waals surface area contributed by atoms with E-state index in [0.29, 0.717) is 15.6 Å². The number of hydrogen-bond acceptors (Lipinski definition) is 8. The molecule has 12 heteroatoms. The molecule has 0 radical (unpaired) electrons. The summed E-state index contributed by atoms with van der Waals surface area (Å²) < 4.78 is 43.7. The highest BCUT2D eigenvalue weighted by molar-refractivity contribution is 7.86. The predicted molar refractivity (Wildman–Crippen MR) is 111 cm³/mol. The molecule has 164 valence electrons. The van der Waals surface area contributed by atoms with Crippen LogP contribution in [0.5, 0.6) is 0 Å². The summed E-state index contributed by atoms with van der Waals surface area (Å²) in [6.07, 6.45) is 0.729. The molecule has 31 heavy (non-hydrogen) atoms. The standard InChI is InChI=1S/C19H18Cl2N4O5S/c1-13-2-5-16(6-3-13)31(26,27)29-10-15-9-28-19(30-15,11-25-12-22-23-24-25)17-7-4-14(20)8-18(17)21/h2-8,12,15H,9-11H2,1H3/t15-,19+/m0/s1. The molecule has 4 rings (SSSR count). The molecule has 0 spiro atoms. The van der Waals surface area contributed by atoms with Gasteiger partial charge in [0.25, 0.3) is 10.1 Å². The van der Waals surface area contributed by atoms with Crippen LogP contribution in [-0.4, -0.2) is 47.9 Å². The van der Waals surface area contributed by atoms with E-state index in [1.807, 2.05) is 6.92 Å². The molecule has 1 fully saturated rings. The second kappa shape index (κ2) is 8.81. The van der Waals surface area contributed by atoms with E-state index in [4.69, 9.17) is 36.9 Å². The zero-order valence-electron chi connectivity index (χ0n) is 16.3. The number of tetrazole rings is 1. The first kappa shape index (κ1) is 22.1. The lowest BCUT2D eigenvalue weighted by Crippen LogP contribution is -2.35. The molecule has 9 nitrogen and oxygen atoms in total. The molecule has 3 aromatic rings. The number of ether oxygens (including phenoxy) is 2. The third-order valence-corrected chi connectivity index (χ3v) is 6.52. The first-order valence-electron chi connectivity index (χ1n) is 9.22. The van der Waals surface area contributed by atoms with Gasteiger partial charge in [-0.3, -0.25) is 4.18 Å². The van der Waals surface area contributed by atoms with Gasteiger partial charge >= 0.3 is 0 Å². The summed E-state index contributed by atoms with van der Waals surface area (Å²) in [6.45, 7) is 1.79. The molecule has 0 bridgehead atoms. The van der Waals surface area contributed by atoms with E-state index >= 15 is 0 Å². The van der Waals surface area contributed by atoms with Crippen molar-refractivity contribution in [1.29, 1.82) is 0 Å². The van der Waals surface area contributed by atoms with Gasteiger partial charge < -0.3 is 9.47 Å². The lowest BCUT2D eigenvalue weighted by Gasteiger charge is -2.29. The monoisotopic (exact) mass is 484 g/mol. The van der Waals surface area contributed by atoms with Crippen LogP contribution >= 0.6 is 23.2 Å². The molecule has 0 amide bonds. The van der Waals surface area contributed by atoms with Gasteiger partial charge in [0.2, 0.25) is 5.79 Å². The van der Waals surface area contributed by atoms with Gasteiger partial charge in [0.05, 0.1) is 23.1 Å². The summed E-state index contributed by atoms with van der Waals surface area (Å²) in [5.41, 5.74) is 1.46. The van der Waals surface area contributed by atoms with Gasteiger partial charge in [-0.25, -0.2) is 4.68 Å². The van der Waals surface area contributed by atoms with E-state index in [0.717, 1.165) is 5.56 Å². The minimum Gasteiger partial charge on any atom is -0.342 e. The van der Waals surface area contributed by atoms with Crippen LogP contribution in [0, 0.1) is 6.92 Å². The van der Waals surface area contributed by atoms with Gasteiger partial charge in [-0.15, -0.1) is 5.10 Å². The second-order valence-electron chi connectivity index (χ2n) is 6.99. The Bertz CT molecular complexity index is 1160. The highest BCUT2D eigenvalue weighted by Crippen LogP contribution is 2.40. The van der Waals surface area contributed by atoms with Gasteiger partial charge in [0.15, 0.2) is 0 Å². The van der Waals surface area contributed by atoms with Crippen LogP contribution in [0.1, 0.15) is 11.1 Å². The fraction of sp³-hybridized carbons (Fsp3) is 0.316. The number of halogens is 2. The fourth-order valence-electron chi connectivity index (χ4n) is 3.16. The van der Waals surface area contributed by atoms with E-state index < -0.39 is 22.0 Å². The van der Waals surface area contributed by atoms with Crippen LogP contribution in [0.2, 0.25) is 10.0 Å². The van der Waals surface area contributed by atoms with Crippen LogP contribution < -0.4 is 0 Å². The Morgan fingerprint density at radius 1 is 1.23 bits per heavy atom. The maximum Gasteiger partial charge on any atom is 0.297 e. The Morgan fingerprint density at radius 3 is 2.68 bits per heavy atom. The molecule has 0 aliphatic carbocycles. The van der Waals surface area contributed by atoms with Crippen molar-refractivity contribution in [3.05, 3.63) is 70.0 Å². The Balaban J connectivity index is 1.53. The molecule has 2 aromatic carbocycles. The topological polar surface area (TPSA) is 105 Å². The van der Waals surface area contributed by atoms with E-state index in [1.165, 1.54) is 23.1 Å². The lowest BCUT2D eigenvalue weighted by molar-refractivity contribution is -0.190. The highest BCUT2D eigenvalue weighted by Gasteiger charge is 2.46. The molecule has 1 aromatic heterocycles. The molecule has 0 N–H and O–H groups in total. The average Bonchev–Trinajstić information content (AvgIpc) is 3.38. The molecular weight excluding hydrogens is 467 g/mol. The van der Waals surface area contributed by atoms with Gasteiger partial charge in [-0.05, 0) is 41.6 Å². The van der Waals surface area contributed by atoms with Crippen molar-refractivity contribution < 1.29 is 22.1 Å². The first-order chi connectivity index (χ1) is 14.8. The third-order valence-electron chi connectivity index (χ3n) is 4.68. The summed E-state index contributed by atoms with van der Waals surface area (Å²) >= 11 is 12.4. The minimum atomic E-state index is -3.95. The second-order valence-corrected chi connectivity index (χ2v) is 9.45. The normalized spacial score (nSPS) is 21.5. The Hall–Kier alpha value is -2.08. The van der Waals surface area contributed by atoms with Crippen LogP contribution in [0.4, 0.5) is 0 Å². The fourth-order valence-corrected chi connectivity index (χ4v) is 4.65. The molecule has 1 saturated heterocycles. The van der Waals surface area contributed by atoms with Gasteiger partial charge in [-0.1, -0.05) is 47.0 Å². The minimum absolute atomic E-state index is 0.0673. The maximum absolute atomic E-state index is 12.5. The smallest absolute Gasteiger partial charge is 0.297 e. The molecule has 1 aliphatic rings. The summed E-state index contributed by atoms with van der Waals surface area (Å²) in [5.74, 6) is -1.35. The lowest BCUT2D eigenvalue weighted by atomic mass is 10.1. The van der Waals surface area contributed by atoms with Crippen molar-refractivity contribution in [2.75, 3.05) is 13.2 Å². The van der Waals surface area contributed by atoms with Crippen molar-refractivity contribution in [3.8, 4) is 0 Å². The average molecular weight is 485 g/mol. The van der Waals surface area contributed by atoms with Gasteiger partial charge in [0.1, 0.15) is 19.0 Å². The molecule has 2 atom stereocenters. The number of aromatic nitrogens is 4. The highest BCUT2D eigenvalue weighted by atomic mass is 35.5. The molecule has 1 aliphatic heterocycles. The summed E-state index contributed by atoms with van der Waals surface area (Å²) in [4.78, 5) is 0.0673. The SMILES string of the molecule is Cc1ccc(S(=O)(=O)OC[C@@H]2CO[C@@](Cn3cnnn3)(c3ccc(Cl)cc3Cl)O2)cc1. The van der Waals surface area contributed by atoms with Crippen molar-refractivity contribution in [1.82, 2.24) is 20.2 Å². The van der Waals surface area contributed by atoms with E-state index in [2.05, 4.69) is 15.5 Å². The molecule has 0 unspecified atom stereocenters. The maximum atomic E-state index is 12.5. The number of nitrogens with zero attached hydrogens (tertiary/aromatic N) is 4. The number of rotatable bonds is 7. The van der Waals surface area contributed by atoms with Crippen molar-refractivity contribution in [2.45, 2.75) is 30.3 Å². The van der Waals surface area contributed by atoms with Crippen LogP contribution in [-0.2, 0) is 36.1 Å². The summed E-state index contributed by atoms with van der Waals surface area (Å²) in [6, 6.07) is 11.3. The zero-order valence-corrected chi connectivity index (χ0v) is 18.6. The first-order valence-corrected chi connectivity index (χ1v) is 11.4. The van der Waals surface area contributed by atoms with Crippen molar-refractivity contribution in [3.63, 3.8) is 0 Å². The predicted octanol–water partition coefficient (Wildman–Crippen LogP) is 2.96. The van der Waals surface area contributed by atoms with Crippen LogP contribution in [0.3, 0.4) is 0 Å². The van der Waals surface area contributed by atoms with Crippen LogP contribution in [0.15, 0.2) is 53.7 Å². The van der Waals surface area contributed by atoms with Crippen LogP contribution in [0.25, 0.3) is 0 Å². The number of aryl methyl sites for hydroxylation is 1. The van der Waals surface area contributed by atoms with Gasteiger partial charge in [0, 0.05) is 10.6 Å². The van der Waals surface area contributed by atoms with Crippen molar-refractivity contribution >= 4 is 33.3 Å². The summed E-state index contributed by atoms with van der Waals surface area (Å²) in [7, 11) is -3.95. The largest absolute Gasteiger partial charge is 0.342 e. The number of benzene rings is 2. The Kier molecular flexibility index (Phi) is 6.29. The van der Waals surface area contributed by atoms with E-state index in [1.54, 1.807) is 30.3 Å². The van der Waals surface area contributed by atoms with Crippen molar-refractivity contribution in [2.24, 2.45) is 0 Å². The quantitative estimate of drug-likeness (QED) is 0.471. The number of hydrogen-bond donors (Lipinski definition) is 0. The third kappa shape index (κ3) is 4.89. The van der Waals surface area contributed by atoms with E-state index in [9.17, 15) is 8.42 Å². The molecule has 0 saturated carbocycles. The molecular formula is C19H18Cl2N4O5S. The van der Waals surface area contributed by atoms with Gasteiger partial charge in [-0.2, -0.15) is 8.42 Å².